The zero-order valence-corrected chi connectivity index (χ0v) is 11.8. The van der Waals surface area contributed by atoms with Crippen molar-refractivity contribution in [1.29, 1.82) is 0 Å². The molecule has 0 aliphatic carbocycles. The molecular weight excluding hydrogens is 272 g/mol. The van der Waals surface area contributed by atoms with Crippen molar-refractivity contribution in [2.75, 3.05) is 0 Å². The van der Waals surface area contributed by atoms with Gasteiger partial charge in [-0.2, -0.15) is 0 Å². The molecule has 0 saturated heterocycles. The molecule has 6 heteroatoms. The van der Waals surface area contributed by atoms with E-state index in [-0.39, 0.29) is 12.2 Å². The molecule has 1 aromatic heterocycles. The van der Waals surface area contributed by atoms with Crippen LogP contribution in [0.2, 0.25) is 0 Å². The molecule has 110 valence electrons. The van der Waals surface area contributed by atoms with E-state index in [2.05, 4.69) is 10.3 Å². The van der Waals surface area contributed by atoms with E-state index in [4.69, 9.17) is 4.42 Å². The number of nitrogens with one attached hydrogen (secondary N) is 1. The summed E-state index contributed by atoms with van der Waals surface area (Å²) in [5.74, 6) is -1.25. The van der Waals surface area contributed by atoms with Gasteiger partial charge in [0.25, 0.3) is 5.91 Å². The number of benzene rings is 1. The number of carbonyl (C=O) groups excluding carboxylic acids is 1. The van der Waals surface area contributed by atoms with Gasteiger partial charge >= 0.3 is 5.97 Å². The molecule has 1 heterocycles. The number of aryl methyl sites for hydroxylation is 2. The molecule has 1 aromatic carbocycles. The molecule has 0 bridgehead atoms. The molecular formula is C15H16N2O4. The Morgan fingerprint density at radius 2 is 1.95 bits per heavy atom. The number of nitrogens with zero attached hydrogens (tertiary/aromatic N) is 1. The van der Waals surface area contributed by atoms with E-state index in [1.807, 2.05) is 30.3 Å². The third-order valence-electron chi connectivity index (χ3n) is 3.00. The lowest BCUT2D eigenvalue weighted by Gasteiger charge is -2.13. The highest BCUT2D eigenvalue weighted by atomic mass is 16.4. The smallest absolute Gasteiger partial charge is 0.326 e. The molecule has 0 aliphatic rings. The van der Waals surface area contributed by atoms with Crippen LogP contribution < -0.4 is 5.32 Å². The lowest BCUT2D eigenvalue weighted by molar-refractivity contribution is -0.139. The fourth-order valence-corrected chi connectivity index (χ4v) is 2.02. The number of carboxylic acids is 1. The van der Waals surface area contributed by atoms with Crippen LogP contribution in [0.25, 0.3) is 0 Å². The number of amides is 1. The van der Waals surface area contributed by atoms with Gasteiger partial charge in [0.2, 0.25) is 5.76 Å². The van der Waals surface area contributed by atoms with Crippen LogP contribution in [0.4, 0.5) is 0 Å². The summed E-state index contributed by atoms with van der Waals surface area (Å²) in [6, 6.07) is 8.08. The van der Waals surface area contributed by atoms with E-state index in [0.29, 0.717) is 11.6 Å². The summed E-state index contributed by atoms with van der Waals surface area (Å²) in [4.78, 5) is 27.4. The quantitative estimate of drug-likeness (QED) is 0.874. The maximum atomic E-state index is 12.1. The van der Waals surface area contributed by atoms with E-state index < -0.39 is 17.9 Å². The van der Waals surface area contributed by atoms with Gasteiger partial charge in [0, 0.05) is 13.3 Å². The molecule has 0 fully saturated rings. The molecule has 2 rings (SSSR count). The molecule has 0 aliphatic heterocycles. The highest BCUT2D eigenvalue weighted by Crippen LogP contribution is 2.10. The number of oxazole rings is 1. The Morgan fingerprint density at radius 1 is 1.29 bits per heavy atom. The zero-order valence-electron chi connectivity index (χ0n) is 11.8. The number of hydrogen-bond acceptors (Lipinski definition) is 4. The van der Waals surface area contributed by atoms with Gasteiger partial charge < -0.3 is 14.8 Å². The van der Waals surface area contributed by atoms with E-state index in [9.17, 15) is 14.7 Å². The van der Waals surface area contributed by atoms with Crippen molar-refractivity contribution < 1.29 is 19.1 Å². The molecule has 6 nitrogen and oxygen atoms in total. The Morgan fingerprint density at radius 3 is 2.48 bits per heavy atom. The van der Waals surface area contributed by atoms with Crippen LogP contribution >= 0.6 is 0 Å². The summed E-state index contributed by atoms with van der Waals surface area (Å²) in [6.45, 7) is 3.26. The molecule has 1 unspecified atom stereocenters. The number of carbonyl (C=O) groups is 2. The fourth-order valence-electron chi connectivity index (χ4n) is 2.02. The maximum Gasteiger partial charge on any atom is 0.326 e. The second kappa shape index (κ2) is 6.21. The summed E-state index contributed by atoms with van der Waals surface area (Å²) in [7, 11) is 0. The topological polar surface area (TPSA) is 92.4 Å². The first-order valence-corrected chi connectivity index (χ1v) is 6.49. The molecule has 1 amide bonds. The number of rotatable bonds is 5. The van der Waals surface area contributed by atoms with Crippen molar-refractivity contribution in [1.82, 2.24) is 10.3 Å². The highest BCUT2D eigenvalue weighted by Gasteiger charge is 2.24. The van der Waals surface area contributed by atoms with Crippen molar-refractivity contribution >= 4 is 11.9 Å². The monoisotopic (exact) mass is 288 g/mol. The standard InChI is InChI=1S/C15H16N2O4/c1-9-13(21-10(2)16-9)14(18)17-12(15(19)20)8-11-6-4-3-5-7-11/h3-7,12H,8H2,1-2H3,(H,17,18)(H,19,20). The second-order valence-corrected chi connectivity index (χ2v) is 4.70. The van der Waals surface area contributed by atoms with Crippen LogP contribution in [-0.4, -0.2) is 28.0 Å². The minimum absolute atomic E-state index is 0.0480. The van der Waals surface area contributed by atoms with E-state index >= 15 is 0 Å². The zero-order chi connectivity index (χ0) is 15.4. The van der Waals surface area contributed by atoms with Crippen LogP contribution in [-0.2, 0) is 11.2 Å². The molecule has 2 N–H and O–H groups in total. The Bertz CT molecular complexity index is 649. The minimum Gasteiger partial charge on any atom is -0.480 e. The summed E-state index contributed by atoms with van der Waals surface area (Å²) in [5, 5.41) is 11.7. The van der Waals surface area contributed by atoms with Gasteiger partial charge in [-0.3, -0.25) is 4.79 Å². The predicted molar refractivity (Wildman–Crippen MR) is 75.0 cm³/mol. The second-order valence-electron chi connectivity index (χ2n) is 4.70. The number of aromatic nitrogens is 1. The Kier molecular flexibility index (Phi) is 4.37. The number of hydrogen-bond donors (Lipinski definition) is 2. The largest absolute Gasteiger partial charge is 0.480 e. The molecule has 1 atom stereocenters. The van der Waals surface area contributed by atoms with Gasteiger partial charge in [0.15, 0.2) is 5.89 Å². The number of aliphatic carboxylic acids is 1. The summed E-state index contributed by atoms with van der Waals surface area (Å²) in [5.41, 5.74) is 1.27. The first-order valence-electron chi connectivity index (χ1n) is 6.49. The summed E-state index contributed by atoms with van der Waals surface area (Å²) >= 11 is 0. The van der Waals surface area contributed by atoms with Gasteiger partial charge in [0.05, 0.1) is 5.69 Å². The van der Waals surface area contributed by atoms with E-state index in [1.165, 1.54) is 0 Å². The number of carboxylic acid groups (broad SMARTS) is 1. The van der Waals surface area contributed by atoms with Crippen molar-refractivity contribution in [2.24, 2.45) is 0 Å². The Labute approximate surface area is 121 Å². The molecule has 0 radical (unpaired) electrons. The minimum atomic E-state index is -1.10. The average Bonchev–Trinajstić information content (AvgIpc) is 2.78. The maximum absolute atomic E-state index is 12.1. The third-order valence-corrected chi connectivity index (χ3v) is 3.00. The van der Waals surface area contributed by atoms with E-state index in [0.717, 1.165) is 5.56 Å². The van der Waals surface area contributed by atoms with E-state index in [1.54, 1.807) is 13.8 Å². The lowest BCUT2D eigenvalue weighted by atomic mass is 10.1. The Balaban J connectivity index is 2.11. The molecule has 21 heavy (non-hydrogen) atoms. The van der Waals surface area contributed by atoms with Gasteiger partial charge in [-0.25, -0.2) is 9.78 Å². The molecule has 0 saturated carbocycles. The fraction of sp³-hybridized carbons (Fsp3) is 0.267. The normalized spacial score (nSPS) is 11.9. The predicted octanol–water partition coefficient (Wildman–Crippen LogP) is 1.72. The summed E-state index contributed by atoms with van der Waals surface area (Å²) in [6.07, 6.45) is 0.202. The van der Waals surface area contributed by atoms with Gasteiger partial charge in [-0.1, -0.05) is 30.3 Å². The van der Waals surface area contributed by atoms with Crippen LogP contribution in [0.3, 0.4) is 0 Å². The Hall–Kier alpha value is -2.63. The summed E-state index contributed by atoms with van der Waals surface area (Å²) < 4.78 is 5.19. The van der Waals surface area contributed by atoms with Gasteiger partial charge in [-0.05, 0) is 12.5 Å². The molecule has 2 aromatic rings. The highest BCUT2D eigenvalue weighted by molar-refractivity contribution is 5.95. The first-order chi connectivity index (χ1) is 9.97. The van der Waals surface area contributed by atoms with Crippen LogP contribution in [0.5, 0.6) is 0 Å². The van der Waals surface area contributed by atoms with Crippen molar-refractivity contribution in [3.05, 3.63) is 53.2 Å². The first kappa shape index (κ1) is 14.8. The third kappa shape index (κ3) is 3.68. The van der Waals surface area contributed by atoms with Crippen LogP contribution in [0, 0.1) is 13.8 Å². The van der Waals surface area contributed by atoms with Crippen molar-refractivity contribution in [2.45, 2.75) is 26.3 Å². The van der Waals surface area contributed by atoms with Crippen molar-refractivity contribution in [3.8, 4) is 0 Å². The SMILES string of the molecule is Cc1nc(C)c(C(=O)NC(Cc2ccccc2)C(=O)O)o1. The van der Waals surface area contributed by atoms with Crippen molar-refractivity contribution in [3.63, 3.8) is 0 Å². The van der Waals surface area contributed by atoms with Gasteiger partial charge in [-0.15, -0.1) is 0 Å². The average molecular weight is 288 g/mol. The van der Waals surface area contributed by atoms with Crippen LogP contribution in [0.1, 0.15) is 27.7 Å². The van der Waals surface area contributed by atoms with Gasteiger partial charge in [0.1, 0.15) is 6.04 Å². The lowest BCUT2D eigenvalue weighted by Crippen LogP contribution is -2.42. The molecule has 0 spiro atoms. The van der Waals surface area contributed by atoms with Crippen LogP contribution in [0.15, 0.2) is 34.7 Å².